The van der Waals surface area contributed by atoms with Gasteiger partial charge in [-0.1, -0.05) is 0 Å². The van der Waals surface area contributed by atoms with Crippen LogP contribution in [0.4, 0.5) is 0 Å². The van der Waals surface area contributed by atoms with Crippen LogP contribution < -0.4 is 10.5 Å². The number of benzene rings is 1. The van der Waals surface area contributed by atoms with Gasteiger partial charge in [0.2, 0.25) is 0 Å². The summed E-state index contributed by atoms with van der Waals surface area (Å²) >= 11 is 0. The molecule has 0 heterocycles. The van der Waals surface area contributed by atoms with E-state index in [1.165, 1.54) is 7.11 Å². The third kappa shape index (κ3) is 1.94. The summed E-state index contributed by atoms with van der Waals surface area (Å²) in [4.78, 5) is 10.8. The summed E-state index contributed by atoms with van der Waals surface area (Å²) in [7, 11) is 1.40. The summed E-state index contributed by atoms with van der Waals surface area (Å²) < 4.78 is 4.95. The molecule has 0 bridgehead atoms. The van der Waals surface area contributed by atoms with Crippen molar-refractivity contribution in [1.82, 2.24) is 0 Å². The first kappa shape index (κ1) is 12.3. The molecule has 0 aliphatic rings. The first-order valence-corrected chi connectivity index (χ1v) is 4.75. The number of aliphatic carboxylic acids is 1. The Morgan fingerprint density at radius 1 is 1.50 bits per heavy atom. The maximum atomic E-state index is 10.8. The fourth-order valence-electron chi connectivity index (χ4n) is 1.56. The summed E-state index contributed by atoms with van der Waals surface area (Å²) in [6.07, 6.45) is 0. The molecular weight excluding hydrogens is 210 g/mol. The minimum absolute atomic E-state index is 0.198. The standard InChI is InChI=1S/C11H15NO4/c1-5-4-7(16-3)10(13)8(6(5)2)9(12)11(14)15/h4,9,13H,12H2,1-3H3,(H,14,15). The van der Waals surface area contributed by atoms with Gasteiger partial charge in [0.25, 0.3) is 0 Å². The minimum Gasteiger partial charge on any atom is -0.504 e. The van der Waals surface area contributed by atoms with Gasteiger partial charge >= 0.3 is 5.97 Å². The molecule has 0 saturated carbocycles. The molecule has 0 radical (unpaired) electrons. The van der Waals surface area contributed by atoms with Crippen LogP contribution in [0, 0.1) is 13.8 Å². The van der Waals surface area contributed by atoms with Crippen LogP contribution in [0.1, 0.15) is 22.7 Å². The highest BCUT2D eigenvalue weighted by molar-refractivity contribution is 5.78. The van der Waals surface area contributed by atoms with Crippen molar-refractivity contribution in [3.05, 3.63) is 22.8 Å². The maximum Gasteiger partial charge on any atom is 0.325 e. The van der Waals surface area contributed by atoms with Crippen molar-refractivity contribution in [2.24, 2.45) is 5.73 Å². The molecule has 5 nitrogen and oxygen atoms in total. The lowest BCUT2D eigenvalue weighted by molar-refractivity contribution is -0.138. The molecule has 0 spiro atoms. The van der Waals surface area contributed by atoms with Gasteiger partial charge in [0, 0.05) is 5.56 Å². The predicted molar refractivity (Wildman–Crippen MR) is 58.7 cm³/mol. The van der Waals surface area contributed by atoms with E-state index in [9.17, 15) is 9.90 Å². The minimum atomic E-state index is -1.26. The van der Waals surface area contributed by atoms with Crippen molar-refractivity contribution < 1.29 is 19.7 Å². The second kappa shape index (κ2) is 4.40. The Balaban J connectivity index is 3.47. The first-order chi connectivity index (χ1) is 7.40. The van der Waals surface area contributed by atoms with Crippen LogP contribution in [0.25, 0.3) is 0 Å². The largest absolute Gasteiger partial charge is 0.504 e. The van der Waals surface area contributed by atoms with Gasteiger partial charge in [0.1, 0.15) is 6.04 Å². The van der Waals surface area contributed by atoms with E-state index < -0.39 is 12.0 Å². The summed E-state index contributed by atoms with van der Waals surface area (Å²) in [5.74, 6) is -1.17. The normalized spacial score (nSPS) is 12.2. The van der Waals surface area contributed by atoms with E-state index in [2.05, 4.69) is 0 Å². The van der Waals surface area contributed by atoms with Crippen molar-refractivity contribution >= 4 is 5.97 Å². The van der Waals surface area contributed by atoms with Crippen LogP contribution in [0.2, 0.25) is 0 Å². The number of carboxylic acid groups (broad SMARTS) is 1. The average Bonchev–Trinajstić information content (AvgIpc) is 2.23. The molecule has 1 aromatic rings. The number of phenolic OH excluding ortho intramolecular Hbond substituents is 1. The quantitative estimate of drug-likeness (QED) is 0.716. The van der Waals surface area contributed by atoms with Crippen LogP contribution in [-0.2, 0) is 4.79 Å². The zero-order chi connectivity index (χ0) is 12.5. The van der Waals surface area contributed by atoms with Crippen molar-refractivity contribution in [1.29, 1.82) is 0 Å². The van der Waals surface area contributed by atoms with Crippen LogP contribution >= 0.6 is 0 Å². The molecule has 5 heteroatoms. The second-order valence-electron chi connectivity index (χ2n) is 3.60. The smallest absolute Gasteiger partial charge is 0.325 e. The van der Waals surface area contributed by atoms with Crippen molar-refractivity contribution in [3.63, 3.8) is 0 Å². The Hall–Kier alpha value is -1.75. The number of aryl methyl sites for hydroxylation is 1. The van der Waals surface area contributed by atoms with E-state index in [0.717, 1.165) is 5.56 Å². The van der Waals surface area contributed by atoms with Crippen molar-refractivity contribution in [2.45, 2.75) is 19.9 Å². The number of phenols is 1. The molecule has 0 fully saturated rings. The van der Waals surface area contributed by atoms with Crippen molar-refractivity contribution in [3.8, 4) is 11.5 Å². The summed E-state index contributed by atoms with van der Waals surface area (Å²) in [5.41, 5.74) is 7.20. The fraction of sp³-hybridized carbons (Fsp3) is 0.364. The number of methoxy groups -OCH3 is 1. The van der Waals surface area contributed by atoms with E-state index in [1.54, 1.807) is 19.9 Å². The molecule has 0 aromatic heterocycles. The second-order valence-corrected chi connectivity index (χ2v) is 3.60. The molecule has 1 aromatic carbocycles. The van der Waals surface area contributed by atoms with Gasteiger partial charge in [0.15, 0.2) is 11.5 Å². The van der Waals surface area contributed by atoms with Gasteiger partial charge in [-0.05, 0) is 31.0 Å². The number of hydrogen-bond donors (Lipinski definition) is 3. The van der Waals surface area contributed by atoms with E-state index in [-0.39, 0.29) is 17.1 Å². The number of aromatic hydroxyl groups is 1. The monoisotopic (exact) mass is 225 g/mol. The topological polar surface area (TPSA) is 92.8 Å². The number of ether oxygens (including phenoxy) is 1. The maximum absolute atomic E-state index is 10.8. The Kier molecular flexibility index (Phi) is 3.39. The summed E-state index contributed by atoms with van der Waals surface area (Å²) in [5, 5.41) is 18.7. The van der Waals surface area contributed by atoms with Crippen LogP contribution in [-0.4, -0.2) is 23.3 Å². The molecule has 0 amide bonds. The average molecular weight is 225 g/mol. The summed E-state index contributed by atoms with van der Waals surface area (Å²) in [6, 6.07) is 0.386. The molecule has 1 rings (SSSR count). The van der Waals surface area contributed by atoms with E-state index in [0.29, 0.717) is 5.56 Å². The Morgan fingerprint density at radius 3 is 2.50 bits per heavy atom. The number of hydrogen-bond acceptors (Lipinski definition) is 4. The number of carbonyl (C=O) groups is 1. The Morgan fingerprint density at radius 2 is 2.06 bits per heavy atom. The third-order valence-electron chi connectivity index (χ3n) is 2.63. The zero-order valence-corrected chi connectivity index (χ0v) is 9.44. The molecule has 0 saturated heterocycles. The lowest BCUT2D eigenvalue weighted by Gasteiger charge is -2.17. The van der Waals surface area contributed by atoms with Gasteiger partial charge in [-0.3, -0.25) is 4.79 Å². The van der Waals surface area contributed by atoms with Gasteiger partial charge in [-0.25, -0.2) is 0 Å². The van der Waals surface area contributed by atoms with E-state index in [1.807, 2.05) is 0 Å². The van der Waals surface area contributed by atoms with Gasteiger partial charge in [-0.2, -0.15) is 0 Å². The molecular formula is C11H15NO4. The third-order valence-corrected chi connectivity index (χ3v) is 2.63. The highest BCUT2D eigenvalue weighted by Gasteiger charge is 2.24. The number of carboxylic acids is 1. The lowest BCUT2D eigenvalue weighted by Crippen LogP contribution is -2.22. The van der Waals surface area contributed by atoms with E-state index in [4.69, 9.17) is 15.6 Å². The first-order valence-electron chi connectivity index (χ1n) is 4.75. The molecule has 0 aliphatic carbocycles. The highest BCUT2D eigenvalue weighted by atomic mass is 16.5. The van der Waals surface area contributed by atoms with Crippen LogP contribution in [0.3, 0.4) is 0 Å². The highest BCUT2D eigenvalue weighted by Crippen LogP contribution is 2.37. The van der Waals surface area contributed by atoms with Gasteiger partial charge in [-0.15, -0.1) is 0 Å². The fourth-order valence-corrected chi connectivity index (χ4v) is 1.56. The molecule has 88 valence electrons. The number of rotatable bonds is 3. The SMILES string of the molecule is COc1cc(C)c(C)c(C(N)C(=O)O)c1O. The van der Waals surface area contributed by atoms with Crippen LogP contribution in [0.15, 0.2) is 6.07 Å². The van der Waals surface area contributed by atoms with Crippen LogP contribution in [0.5, 0.6) is 11.5 Å². The molecule has 1 atom stereocenters. The molecule has 16 heavy (non-hydrogen) atoms. The van der Waals surface area contributed by atoms with Gasteiger partial charge < -0.3 is 20.7 Å². The van der Waals surface area contributed by atoms with Crippen molar-refractivity contribution in [2.75, 3.05) is 7.11 Å². The molecule has 0 aliphatic heterocycles. The lowest BCUT2D eigenvalue weighted by atomic mass is 9.96. The van der Waals surface area contributed by atoms with E-state index >= 15 is 0 Å². The molecule has 1 unspecified atom stereocenters. The molecule has 4 N–H and O–H groups in total. The van der Waals surface area contributed by atoms with Gasteiger partial charge in [0.05, 0.1) is 7.11 Å². The Labute approximate surface area is 93.5 Å². The predicted octanol–water partition coefficient (Wildman–Crippen LogP) is 1.10. The number of nitrogens with two attached hydrogens (primary N) is 1. The summed E-state index contributed by atoms with van der Waals surface area (Å²) in [6.45, 7) is 3.52. The zero-order valence-electron chi connectivity index (χ0n) is 9.44. The Bertz CT molecular complexity index is 428.